The van der Waals surface area contributed by atoms with Gasteiger partial charge in [-0.15, -0.1) is 0 Å². The van der Waals surface area contributed by atoms with Crippen molar-refractivity contribution in [3.63, 3.8) is 0 Å². The van der Waals surface area contributed by atoms with Gasteiger partial charge in [0, 0.05) is 21.6 Å². The average molecular weight is 520 g/mol. The second-order valence-electron chi connectivity index (χ2n) is 6.48. The van der Waals surface area contributed by atoms with Gasteiger partial charge in [0.15, 0.2) is 0 Å². The first-order chi connectivity index (χ1) is 14.8. The molecule has 0 atom stereocenters. The van der Waals surface area contributed by atoms with E-state index in [0.717, 1.165) is 26.7 Å². The smallest absolute Gasteiger partial charge is 0.293 e. The van der Waals surface area contributed by atoms with E-state index in [0.29, 0.717) is 5.76 Å². The number of thioether (sulfide) groups is 1. The van der Waals surface area contributed by atoms with E-state index < -0.39 is 10.8 Å². The molecule has 7 nitrogen and oxygen atoms in total. The average Bonchev–Trinajstić information content (AvgIpc) is 3.29. The zero-order chi connectivity index (χ0) is 22.1. The molecule has 2 amide bonds. The molecule has 2 aromatic carbocycles. The maximum Gasteiger partial charge on any atom is 0.293 e. The summed E-state index contributed by atoms with van der Waals surface area (Å²) in [7, 11) is 0. The minimum atomic E-state index is -0.545. The van der Waals surface area contributed by atoms with Gasteiger partial charge in [0.05, 0.1) is 21.9 Å². The molecule has 0 spiro atoms. The van der Waals surface area contributed by atoms with Gasteiger partial charge >= 0.3 is 0 Å². The van der Waals surface area contributed by atoms with Gasteiger partial charge in [-0.1, -0.05) is 45.7 Å². The molecule has 0 radical (unpaired) electrons. The van der Waals surface area contributed by atoms with E-state index in [9.17, 15) is 19.7 Å². The van der Waals surface area contributed by atoms with E-state index in [4.69, 9.17) is 16.0 Å². The van der Waals surface area contributed by atoms with Crippen LogP contribution in [0.2, 0.25) is 5.02 Å². The topological polar surface area (TPSA) is 93.7 Å². The molecule has 0 saturated carbocycles. The van der Waals surface area contributed by atoms with E-state index in [1.54, 1.807) is 12.1 Å². The molecule has 0 unspecified atom stereocenters. The van der Waals surface area contributed by atoms with Gasteiger partial charge in [-0.05, 0) is 47.7 Å². The van der Waals surface area contributed by atoms with E-state index in [1.165, 1.54) is 24.3 Å². The highest BCUT2D eigenvalue weighted by molar-refractivity contribution is 9.10. The molecule has 4 rings (SSSR count). The van der Waals surface area contributed by atoms with Gasteiger partial charge in [0.2, 0.25) is 0 Å². The Kier molecular flexibility index (Phi) is 5.99. The molecule has 3 aromatic rings. The molecule has 1 aromatic heterocycles. The van der Waals surface area contributed by atoms with E-state index in [2.05, 4.69) is 15.9 Å². The van der Waals surface area contributed by atoms with E-state index in [-0.39, 0.29) is 38.7 Å². The van der Waals surface area contributed by atoms with Gasteiger partial charge in [-0.3, -0.25) is 24.6 Å². The summed E-state index contributed by atoms with van der Waals surface area (Å²) < 4.78 is 6.50. The Labute approximate surface area is 193 Å². The number of rotatable bonds is 5. The highest BCUT2D eigenvalue weighted by Crippen LogP contribution is 2.37. The summed E-state index contributed by atoms with van der Waals surface area (Å²) in [5.41, 5.74) is 0.875. The highest BCUT2D eigenvalue weighted by Gasteiger charge is 2.35. The number of halogens is 2. The summed E-state index contributed by atoms with van der Waals surface area (Å²) in [6.07, 6.45) is 1.45. The normalized spacial score (nSPS) is 15.2. The number of imide groups is 1. The Morgan fingerprint density at radius 3 is 2.68 bits per heavy atom. The molecule has 2 heterocycles. The largest absolute Gasteiger partial charge is 0.456 e. The van der Waals surface area contributed by atoms with Gasteiger partial charge in [-0.2, -0.15) is 0 Å². The number of nitro benzene ring substituents is 1. The first-order valence-corrected chi connectivity index (χ1v) is 10.8. The SMILES string of the molecule is O=C1S/C(=C\c2ccc(-c3ccc(Cl)cc3[N+](=O)[O-])o2)C(=O)N1Cc1ccccc1Br. The summed E-state index contributed by atoms with van der Waals surface area (Å²) in [6, 6.07) is 14.7. The minimum Gasteiger partial charge on any atom is -0.456 e. The maximum atomic E-state index is 12.7. The van der Waals surface area contributed by atoms with Crippen molar-refractivity contribution in [3.8, 4) is 11.3 Å². The molecule has 0 aliphatic carbocycles. The standard InChI is InChI=1S/C21H12BrClN2O5S/c22-16-4-2-1-3-12(16)11-24-20(26)19(31-21(24)27)10-14-6-8-18(30-14)15-7-5-13(23)9-17(15)25(28)29/h1-10H,11H2/b19-10-. The predicted octanol–water partition coefficient (Wildman–Crippen LogP) is 6.51. The fourth-order valence-electron chi connectivity index (χ4n) is 3.00. The van der Waals surface area contributed by atoms with Crippen LogP contribution >= 0.6 is 39.3 Å². The van der Waals surface area contributed by atoms with Crippen molar-refractivity contribution >= 4 is 62.2 Å². The zero-order valence-electron chi connectivity index (χ0n) is 15.6. The summed E-state index contributed by atoms with van der Waals surface area (Å²) in [5.74, 6) is 0.119. The second kappa shape index (κ2) is 8.70. The number of nitro groups is 1. The molecule has 0 bridgehead atoms. The number of furan rings is 1. The predicted molar refractivity (Wildman–Crippen MR) is 121 cm³/mol. The van der Waals surface area contributed by atoms with Crippen molar-refractivity contribution < 1.29 is 18.9 Å². The van der Waals surface area contributed by atoms with Gasteiger partial charge < -0.3 is 4.42 Å². The molecule has 10 heteroatoms. The lowest BCUT2D eigenvalue weighted by molar-refractivity contribution is -0.384. The van der Waals surface area contributed by atoms with Crippen LogP contribution in [0, 0.1) is 10.1 Å². The molecule has 1 fully saturated rings. The van der Waals surface area contributed by atoms with Crippen LogP contribution in [0.25, 0.3) is 17.4 Å². The summed E-state index contributed by atoms with van der Waals surface area (Å²) in [5, 5.41) is 11.2. The van der Waals surface area contributed by atoms with Crippen LogP contribution in [-0.4, -0.2) is 21.0 Å². The second-order valence-corrected chi connectivity index (χ2v) is 8.76. The number of carbonyl (C=O) groups is 2. The van der Waals surface area contributed by atoms with Crippen LogP contribution in [-0.2, 0) is 11.3 Å². The Morgan fingerprint density at radius 1 is 1.16 bits per heavy atom. The number of amides is 2. The lowest BCUT2D eigenvalue weighted by atomic mass is 10.1. The lowest BCUT2D eigenvalue weighted by Crippen LogP contribution is -2.27. The fourth-order valence-corrected chi connectivity index (χ4v) is 4.40. The lowest BCUT2D eigenvalue weighted by Gasteiger charge is -2.13. The van der Waals surface area contributed by atoms with Crippen molar-refractivity contribution in [1.82, 2.24) is 4.90 Å². The number of carbonyl (C=O) groups excluding carboxylic acids is 2. The third-order valence-corrected chi connectivity index (χ3v) is 6.40. The van der Waals surface area contributed by atoms with Gasteiger partial charge in [0.25, 0.3) is 16.8 Å². The number of benzene rings is 2. The van der Waals surface area contributed by atoms with Crippen LogP contribution in [0.3, 0.4) is 0 Å². The van der Waals surface area contributed by atoms with Crippen LogP contribution in [0.4, 0.5) is 10.5 Å². The Bertz CT molecular complexity index is 1260. The third kappa shape index (κ3) is 4.43. The minimum absolute atomic E-state index is 0.143. The van der Waals surface area contributed by atoms with E-state index in [1.807, 2.05) is 24.3 Å². The molecule has 1 saturated heterocycles. The Balaban J connectivity index is 1.59. The molecule has 31 heavy (non-hydrogen) atoms. The third-order valence-electron chi connectivity index (χ3n) is 4.48. The zero-order valence-corrected chi connectivity index (χ0v) is 18.7. The monoisotopic (exact) mass is 518 g/mol. The summed E-state index contributed by atoms with van der Waals surface area (Å²) >= 11 is 10.1. The molecular formula is C21H12BrClN2O5S. The Morgan fingerprint density at radius 2 is 1.94 bits per heavy atom. The van der Waals surface area contributed by atoms with Crippen molar-refractivity contribution in [2.24, 2.45) is 0 Å². The molecule has 0 N–H and O–H groups in total. The van der Waals surface area contributed by atoms with Crippen molar-refractivity contribution in [3.05, 3.63) is 90.4 Å². The van der Waals surface area contributed by atoms with Crippen LogP contribution in [0.5, 0.6) is 0 Å². The van der Waals surface area contributed by atoms with Gasteiger partial charge in [-0.25, -0.2) is 0 Å². The molecular weight excluding hydrogens is 508 g/mol. The van der Waals surface area contributed by atoms with Crippen LogP contribution in [0.1, 0.15) is 11.3 Å². The quantitative estimate of drug-likeness (QED) is 0.217. The first kappa shape index (κ1) is 21.4. The van der Waals surface area contributed by atoms with Crippen LogP contribution < -0.4 is 0 Å². The fraction of sp³-hybridized carbons (Fsp3) is 0.0476. The molecule has 1 aliphatic rings. The maximum absolute atomic E-state index is 12.7. The number of nitrogens with zero attached hydrogens (tertiary/aromatic N) is 2. The van der Waals surface area contributed by atoms with Crippen molar-refractivity contribution in [2.75, 3.05) is 0 Å². The highest BCUT2D eigenvalue weighted by atomic mass is 79.9. The van der Waals surface area contributed by atoms with Gasteiger partial charge in [0.1, 0.15) is 11.5 Å². The van der Waals surface area contributed by atoms with Crippen LogP contribution in [0.15, 0.2) is 68.4 Å². The molecule has 1 aliphatic heterocycles. The molecule has 156 valence electrons. The summed E-state index contributed by atoms with van der Waals surface area (Å²) in [6.45, 7) is 0.143. The first-order valence-electron chi connectivity index (χ1n) is 8.86. The number of hydrogen-bond donors (Lipinski definition) is 0. The van der Waals surface area contributed by atoms with Crippen molar-refractivity contribution in [1.29, 1.82) is 0 Å². The Hall–Kier alpha value is -2.88. The number of hydrogen-bond acceptors (Lipinski definition) is 6. The van der Waals surface area contributed by atoms with E-state index >= 15 is 0 Å². The summed E-state index contributed by atoms with van der Waals surface area (Å²) in [4.78, 5) is 37.3. The van der Waals surface area contributed by atoms with Crippen molar-refractivity contribution in [2.45, 2.75) is 6.54 Å².